The summed E-state index contributed by atoms with van der Waals surface area (Å²) in [5.41, 5.74) is 1.75. The summed E-state index contributed by atoms with van der Waals surface area (Å²) in [6, 6.07) is 13.2. The van der Waals surface area contributed by atoms with Crippen LogP contribution in [0.3, 0.4) is 0 Å². The number of halogens is 1. The number of aromatic nitrogens is 4. The Morgan fingerprint density at radius 2 is 2.00 bits per heavy atom. The molecule has 0 N–H and O–H groups in total. The normalized spacial score (nSPS) is 11.1. The second-order valence-electron chi connectivity index (χ2n) is 5.29. The minimum absolute atomic E-state index is 0.592. The lowest BCUT2D eigenvalue weighted by Gasteiger charge is -2.02. The molecule has 0 aliphatic carbocycles. The summed E-state index contributed by atoms with van der Waals surface area (Å²) in [7, 11) is 0. The molecule has 0 spiro atoms. The van der Waals surface area contributed by atoms with Crippen LogP contribution in [0.2, 0.25) is 5.02 Å². The summed E-state index contributed by atoms with van der Waals surface area (Å²) in [5.74, 6) is 2.23. The zero-order chi connectivity index (χ0) is 17.1. The molecule has 4 aromatic rings. The van der Waals surface area contributed by atoms with Crippen LogP contribution >= 0.6 is 23.4 Å². The molecule has 6 nitrogen and oxygen atoms in total. The smallest absolute Gasteiger partial charge is 0.191 e. The highest BCUT2D eigenvalue weighted by Crippen LogP contribution is 2.26. The summed E-state index contributed by atoms with van der Waals surface area (Å²) in [5, 5.41) is 13.7. The summed E-state index contributed by atoms with van der Waals surface area (Å²) in [6.07, 6.45) is 3.34. The maximum absolute atomic E-state index is 5.91. The summed E-state index contributed by atoms with van der Waals surface area (Å²) < 4.78 is 12.7. The predicted octanol–water partition coefficient (Wildman–Crippen LogP) is 4.52. The van der Waals surface area contributed by atoms with Crippen LogP contribution < -0.4 is 0 Å². The lowest BCUT2D eigenvalue weighted by Crippen LogP contribution is -1.99. The molecule has 0 aliphatic rings. The molecule has 0 amide bonds. The molecule has 126 valence electrons. The first-order valence-corrected chi connectivity index (χ1v) is 8.89. The molecule has 0 bridgehead atoms. The molecule has 0 saturated carbocycles. The molecular weight excluding hydrogens is 360 g/mol. The topological polar surface area (TPSA) is 69.9 Å². The second-order valence-corrected chi connectivity index (χ2v) is 6.67. The Kier molecular flexibility index (Phi) is 4.58. The number of thioether (sulfide) groups is 1. The molecule has 0 unspecified atom stereocenters. The van der Waals surface area contributed by atoms with Crippen LogP contribution in [0.4, 0.5) is 0 Å². The molecular formula is C17H13ClN4O2S. The molecule has 0 radical (unpaired) electrons. The summed E-state index contributed by atoms with van der Waals surface area (Å²) in [6.45, 7) is 0.592. The number of nitrogens with zero attached hydrogens (tertiary/aromatic N) is 4. The van der Waals surface area contributed by atoms with Gasteiger partial charge in [0, 0.05) is 16.7 Å². The van der Waals surface area contributed by atoms with E-state index in [0.717, 1.165) is 27.9 Å². The van der Waals surface area contributed by atoms with Crippen molar-refractivity contribution in [2.75, 3.05) is 0 Å². The van der Waals surface area contributed by atoms with E-state index >= 15 is 0 Å². The van der Waals surface area contributed by atoms with Crippen molar-refractivity contribution in [1.82, 2.24) is 19.9 Å². The Bertz CT molecular complexity index is 947. The Hall–Kier alpha value is -2.51. The number of hydrogen-bond acceptors (Lipinski definition) is 6. The molecule has 0 atom stereocenters. The van der Waals surface area contributed by atoms with Gasteiger partial charge in [0.2, 0.25) is 0 Å². The van der Waals surface area contributed by atoms with E-state index in [1.165, 1.54) is 11.8 Å². The fourth-order valence-electron chi connectivity index (χ4n) is 2.31. The van der Waals surface area contributed by atoms with Gasteiger partial charge in [-0.25, -0.2) is 0 Å². The van der Waals surface area contributed by atoms with Crippen LogP contribution in [0.25, 0.3) is 11.3 Å². The Morgan fingerprint density at radius 3 is 2.80 bits per heavy atom. The first-order chi connectivity index (χ1) is 12.3. The molecule has 0 fully saturated rings. The predicted molar refractivity (Wildman–Crippen MR) is 94.3 cm³/mol. The van der Waals surface area contributed by atoms with E-state index in [1.54, 1.807) is 12.6 Å². The van der Waals surface area contributed by atoms with E-state index in [1.807, 2.05) is 47.0 Å². The number of hydrogen-bond donors (Lipinski definition) is 0. The maximum Gasteiger partial charge on any atom is 0.191 e. The average molecular weight is 373 g/mol. The third kappa shape index (κ3) is 3.78. The van der Waals surface area contributed by atoms with Gasteiger partial charge in [0.15, 0.2) is 5.16 Å². The van der Waals surface area contributed by atoms with E-state index in [9.17, 15) is 0 Å². The van der Waals surface area contributed by atoms with Crippen LogP contribution in [0.15, 0.2) is 69.2 Å². The zero-order valence-electron chi connectivity index (χ0n) is 13.0. The minimum atomic E-state index is 0.592. The molecule has 25 heavy (non-hydrogen) atoms. The van der Waals surface area contributed by atoms with Crippen molar-refractivity contribution < 1.29 is 8.94 Å². The standard InChI is InChI=1S/C17H13ClN4O2S/c18-13-5-3-12(4-6-13)16-8-15(24-21-16)10-25-17-20-19-11-22(17)9-14-2-1-7-23-14/h1-8,11H,9-10H2. The Balaban J connectivity index is 1.42. The lowest BCUT2D eigenvalue weighted by atomic mass is 10.1. The monoisotopic (exact) mass is 372 g/mol. The van der Waals surface area contributed by atoms with Gasteiger partial charge in [-0.05, 0) is 24.3 Å². The first-order valence-electron chi connectivity index (χ1n) is 7.52. The van der Waals surface area contributed by atoms with Crippen LogP contribution in [0, 0.1) is 0 Å². The molecule has 4 rings (SSSR count). The first kappa shape index (κ1) is 16.0. The van der Waals surface area contributed by atoms with Crippen molar-refractivity contribution in [2.24, 2.45) is 0 Å². The molecule has 0 aliphatic heterocycles. The quantitative estimate of drug-likeness (QED) is 0.463. The molecule has 1 aromatic carbocycles. The fourth-order valence-corrected chi connectivity index (χ4v) is 3.22. The second kappa shape index (κ2) is 7.16. The molecule has 3 heterocycles. The molecule has 3 aromatic heterocycles. The van der Waals surface area contributed by atoms with Gasteiger partial charge < -0.3 is 13.5 Å². The third-order valence-corrected chi connectivity index (χ3v) is 4.78. The summed E-state index contributed by atoms with van der Waals surface area (Å²) in [4.78, 5) is 0. The number of furan rings is 1. The van der Waals surface area contributed by atoms with Crippen LogP contribution in [0.5, 0.6) is 0 Å². The van der Waals surface area contributed by atoms with E-state index < -0.39 is 0 Å². The SMILES string of the molecule is Clc1ccc(-c2cc(CSc3nncn3Cc3ccco3)on2)cc1. The number of benzene rings is 1. The Labute approximate surface area is 152 Å². The van der Waals surface area contributed by atoms with Crippen molar-refractivity contribution in [3.8, 4) is 11.3 Å². The van der Waals surface area contributed by atoms with Gasteiger partial charge in [0.05, 0.1) is 18.6 Å². The Morgan fingerprint density at radius 1 is 1.12 bits per heavy atom. The van der Waals surface area contributed by atoms with Gasteiger partial charge in [-0.3, -0.25) is 0 Å². The van der Waals surface area contributed by atoms with Gasteiger partial charge in [-0.15, -0.1) is 10.2 Å². The van der Waals surface area contributed by atoms with Crippen molar-refractivity contribution in [1.29, 1.82) is 0 Å². The van der Waals surface area contributed by atoms with E-state index in [-0.39, 0.29) is 0 Å². The van der Waals surface area contributed by atoms with Crippen molar-refractivity contribution in [3.05, 3.63) is 71.6 Å². The fraction of sp³-hybridized carbons (Fsp3) is 0.118. The van der Waals surface area contributed by atoms with Gasteiger partial charge in [0.25, 0.3) is 0 Å². The van der Waals surface area contributed by atoms with Crippen LogP contribution in [-0.4, -0.2) is 19.9 Å². The average Bonchev–Trinajstić information content (AvgIpc) is 3.36. The van der Waals surface area contributed by atoms with Crippen molar-refractivity contribution >= 4 is 23.4 Å². The highest BCUT2D eigenvalue weighted by atomic mass is 35.5. The van der Waals surface area contributed by atoms with Crippen molar-refractivity contribution in [3.63, 3.8) is 0 Å². The third-order valence-electron chi connectivity index (χ3n) is 3.53. The van der Waals surface area contributed by atoms with Crippen LogP contribution in [0.1, 0.15) is 11.5 Å². The highest BCUT2D eigenvalue weighted by molar-refractivity contribution is 7.98. The molecule has 0 saturated heterocycles. The zero-order valence-corrected chi connectivity index (χ0v) is 14.6. The van der Waals surface area contributed by atoms with Gasteiger partial charge in [-0.2, -0.15) is 0 Å². The largest absolute Gasteiger partial charge is 0.467 e. The van der Waals surface area contributed by atoms with Gasteiger partial charge in [0.1, 0.15) is 23.5 Å². The lowest BCUT2D eigenvalue weighted by molar-refractivity contribution is 0.397. The summed E-state index contributed by atoms with van der Waals surface area (Å²) >= 11 is 7.44. The highest BCUT2D eigenvalue weighted by Gasteiger charge is 2.11. The van der Waals surface area contributed by atoms with Gasteiger partial charge in [-0.1, -0.05) is 40.7 Å². The van der Waals surface area contributed by atoms with E-state index in [0.29, 0.717) is 17.3 Å². The minimum Gasteiger partial charge on any atom is -0.467 e. The molecule has 8 heteroatoms. The van der Waals surface area contributed by atoms with Crippen LogP contribution in [-0.2, 0) is 12.3 Å². The van der Waals surface area contributed by atoms with E-state index in [4.69, 9.17) is 20.5 Å². The van der Waals surface area contributed by atoms with Gasteiger partial charge >= 0.3 is 0 Å². The maximum atomic E-state index is 5.91. The van der Waals surface area contributed by atoms with Crippen molar-refractivity contribution in [2.45, 2.75) is 17.5 Å². The van der Waals surface area contributed by atoms with E-state index in [2.05, 4.69) is 15.4 Å². The number of rotatable bonds is 6.